The van der Waals surface area contributed by atoms with Gasteiger partial charge in [0.05, 0.1) is 6.61 Å². The molecule has 0 bridgehead atoms. The van der Waals surface area contributed by atoms with Crippen molar-refractivity contribution in [3.8, 4) is 17.2 Å². The predicted molar refractivity (Wildman–Crippen MR) is 131 cm³/mol. The van der Waals surface area contributed by atoms with Crippen molar-refractivity contribution in [1.29, 1.82) is 0 Å². The molecule has 1 rings (SSSR count). The Bertz CT molecular complexity index is 669. The van der Waals surface area contributed by atoms with Crippen LogP contribution in [0.3, 0.4) is 0 Å². The number of phenolic OH excluding ortho intramolecular Hbond substituents is 1. The first kappa shape index (κ1) is 28.1. The number of carboxylic acid groups (broad SMARTS) is 1. The molecule has 0 spiro atoms. The van der Waals surface area contributed by atoms with E-state index in [1.807, 2.05) is 0 Å². The van der Waals surface area contributed by atoms with E-state index in [4.69, 9.17) is 9.47 Å². The molecule has 0 unspecified atom stereocenters. The summed E-state index contributed by atoms with van der Waals surface area (Å²) >= 11 is 0. The Morgan fingerprint density at radius 1 is 0.656 bits per heavy atom. The lowest BCUT2D eigenvalue weighted by molar-refractivity contribution is 0.140. The minimum Gasteiger partial charge on any atom is -0.504 e. The van der Waals surface area contributed by atoms with Crippen LogP contribution in [0, 0.1) is 0 Å². The second kappa shape index (κ2) is 16.7. The maximum absolute atomic E-state index is 11.5. The van der Waals surface area contributed by atoms with Gasteiger partial charge in [0, 0.05) is 11.1 Å². The van der Waals surface area contributed by atoms with Crippen molar-refractivity contribution in [2.24, 2.45) is 0 Å². The quantitative estimate of drug-likeness (QED) is 0.134. The lowest BCUT2D eigenvalue weighted by Gasteiger charge is -2.23. The molecule has 0 saturated carbocycles. The van der Waals surface area contributed by atoms with Crippen molar-refractivity contribution in [3.05, 3.63) is 16.7 Å². The van der Waals surface area contributed by atoms with Gasteiger partial charge in [-0.25, -0.2) is 4.79 Å². The highest BCUT2D eigenvalue weighted by atomic mass is 16.7. The van der Waals surface area contributed by atoms with Crippen LogP contribution >= 0.6 is 0 Å². The second-order valence-electron chi connectivity index (χ2n) is 8.74. The molecule has 0 aliphatic rings. The van der Waals surface area contributed by atoms with E-state index in [1.54, 1.807) is 0 Å². The largest absolute Gasteiger partial charge is 0.511 e. The van der Waals surface area contributed by atoms with Gasteiger partial charge in [0.25, 0.3) is 0 Å². The van der Waals surface area contributed by atoms with E-state index in [0.29, 0.717) is 18.8 Å². The number of rotatable bonds is 18. The number of hydrogen-bond acceptors (Lipinski definition) is 4. The minimum atomic E-state index is -1.42. The standard InChI is InChI=1S/C27H46O5/c1-5-9-13-14-15-16-20-31-25-23(19-12-8-4)21(17-10-6-2)22(18-11-7-3)24(28)26(25)32-27(29)30/h28H,5-20H2,1-4H3,(H,29,30). The summed E-state index contributed by atoms with van der Waals surface area (Å²) in [5.74, 6) is 0.379. The molecular formula is C27H46O5. The monoisotopic (exact) mass is 450 g/mol. The van der Waals surface area contributed by atoms with Crippen LogP contribution in [-0.4, -0.2) is 23.0 Å². The van der Waals surface area contributed by atoms with Crippen LogP contribution in [0.4, 0.5) is 4.79 Å². The van der Waals surface area contributed by atoms with Crippen molar-refractivity contribution in [3.63, 3.8) is 0 Å². The number of unbranched alkanes of at least 4 members (excludes halogenated alkanes) is 8. The lowest BCUT2D eigenvalue weighted by Crippen LogP contribution is -2.12. The van der Waals surface area contributed by atoms with Gasteiger partial charge in [0.1, 0.15) is 0 Å². The van der Waals surface area contributed by atoms with E-state index < -0.39 is 6.16 Å². The molecule has 1 aromatic rings. The number of benzene rings is 1. The molecule has 0 aliphatic heterocycles. The fraction of sp³-hybridized carbons (Fsp3) is 0.741. The molecule has 184 valence electrons. The molecule has 0 amide bonds. The molecule has 0 heterocycles. The molecule has 0 aromatic heterocycles. The van der Waals surface area contributed by atoms with Crippen LogP contribution in [0.1, 0.15) is 121 Å². The molecule has 0 radical (unpaired) electrons. The van der Waals surface area contributed by atoms with E-state index in [2.05, 4.69) is 27.7 Å². The molecule has 5 heteroatoms. The minimum absolute atomic E-state index is 0.0130. The van der Waals surface area contributed by atoms with Crippen LogP contribution in [-0.2, 0) is 19.3 Å². The zero-order valence-electron chi connectivity index (χ0n) is 20.9. The van der Waals surface area contributed by atoms with Crippen LogP contribution in [0.15, 0.2) is 0 Å². The van der Waals surface area contributed by atoms with E-state index >= 15 is 0 Å². The summed E-state index contributed by atoms with van der Waals surface area (Å²) < 4.78 is 11.3. The fourth-order valence-electron chi connectivity index (χ4n) is 4.13. The van der Waals surface area contributed by atoms with Crippen LogP contribution in [0.2, 0.25) is 0 Å². The van der Waals surface area contributed by atoms with Crippen molar-refractivity contribution >= 4 is 6.16 Å². The molecular weight excluding hydrogens is 404 g/mol. The normalized spacial score (nSPS) is 11.0. The van der Waals surface area contributed by atoms with Crippen molar-refractivity contribution in [2.45, 2.75) is 124 Å². The van der Waals surface area contributed by atoms with Gasteiger partial charge >= 0.3 is 6.16 Å². The van der Waals surface area contributed by atoms with E-state index in [0.717, 1.165) is 80.9 Å². The summed E-state index contributed by atoms with van der Waals surface area (Å²) in [4.78, 5) is 11.5. The highest BCUT2D eigenvalue weighted by Gasteiger charge is 2.27. The first-order valence-electron chi connectivity index (χ1n) is 12.9. The second-order valence-corrected chi connectivity index (χ2v) is 8.74. The Kier molecular flexibility index (Phi) is 14.7. The SMILES string of the molecule is CCCCCCCCOc1c(CCCC)c(CCCC)c(CCCC)c(O)c1OC(=O)O. The first-order valence-corrected chi connectivity index (χ1v) is 12.9. The summed E-state index contributed by atoms with van der Waals surface area (Å²) in [7, 11) is 0. The van der Waals surface area contributed by atoms with Gasteiger partial charge in [-0.3, -0.25) is 0 Å². The third-order valence-corrected chi connectivity index (χ3v) is 5.98. The van der Waals surface area contributed by atoms with Gasteiger partial charge in [-0.2, -0.15) is 0 Å². The summed E-state index contributed by atoms with van der Waals surface area (Å²) in [5, 5.41) is 20.5. The molecule has 0 atom stereocenters. The highest BCUT2D eigenvalue weighted by molar-refractivity contribution is 5.70. The van der Waals surface area contributed by atoms with Crippen LogP contribution in [0.5, 0.6) is 17.2 Å². The first-order chi connectivity index (χ1) is 15.5. The Balaban J connectivity index is 3.34. The van der Waals surface area contributed by atoms with Crippen molar-refractivity contribution in [1.82, 2.24) is 0 Å². The summed E-state index contributed by atoms with van der Waals surface area (Å²) in [6.07, 6.45) is 13.9. The van der Waals surface area contributed by atoms with Gasteiger partial charge in [-0.05, 0) is 50.5 Å². The Morgan fingerprint density at radius 2 is 1.16 bits per heavy atom. The fourth-order valence-corrected chi connectivity index (χ4v) is 4.13. The molecule has 0 saturated heterocycles. The Morgan fingerprint density at radius 3 is 1.72 bits per heavy atom. The number of phenols is 1. The van der Waals surface area contributed by atoms with Gasteiger partial charge in [-0.1, -0.05) is 79.1 Å². The molecule has 0 aliphatic carbocycles. The molecule has 2 N–H and O–H groups in total. The van der Waals surface area contributed by atoms with Gasteiger partial charge in [-0.15, -0.1) is 0 Å². The Hall–Kier alpha value is -1.91. The van der Waals surface area contributed by atoms with Crippen LogP contribution in [0.25, 0.3) is 0 Å². The maximum Gasteiger partial charge on any atom is 0.511 e. The Labute approximate surface area is 195 Å². The maximum atomic E-state index is 11.5. The van der Waals surface area contributed by atoms with Gasteiger partial charge in [0.15, 0.2) is 11.5 Å². The van der Waals surface area contributed by atoms with E-state index in [9.17, 15) is 15.0 Å². The average Bonchev–Trinajstić information content (AvgIpc) is 2.77. The lowest BCUT2D eigenvalue weighted by atomic mass is 9.89. The molecule has 1 aromatic carbocycles. The number of ether oxygens (including phenoxy) is 2. The van der Waals surface area contributed by atoms with Crippen molar-refractivity contribution in [2.75, 3.05) is 6.61 Å². The summed E-state index contributed by atoms with van der Waals surface area (Å²) in [6, 6.07) is 0. The van der Waals surface area contributed by atoms with Crippen LogP contribution < -0.4 is 9.47 Å². The number of carbonyl (C=O) groups is 1. The predicted octanol–water partition coefficient (Wildman–Crippen LogP) is 8.22. The van der Waals surface area contributed by atoms with Gasteiger partial charge in [0.2, 0.25) is 5.75 Å². The zero-order chi connectivity index (χ0) is 23.8. The summed E-state index contributed by atoms with van der Waals surface area (Å²) in [5.41, 5.74) is 3.02. The van der Waals surface area contributed by atoms with Crippen molar-refractivity contribution < 1.29 is 24.5 Å². The molecule has 32 heavy (non-hydrogen) atoms. The average molecular weight is 451 g/mol. The molecule has 0 fully saturated rings. The highest BCUT2D eigenvalue weighted by Crippen LogP contribution is 2.47. The molecule has 5 nitrogen and oxygen atoms in total. The smallest absolute Gasteiger partial charge is 0.504 e. The topological polar surface area (TPSA) is 76.0 Å². The van der Waals surface area contributed by atoms with E-state index in [-0.39, 0.29) is 11.5 Å². The summed E-state index contributed by atoms with van der Waals surface area (Å²) in [6.45, 7) is 9.14. The van der Waals surface area contributed by atoms with E-state index in [1.165, 1.54) is 25.7 Å². The number of aromatic hydroxyl groups is 1. The number of hydrogen-bond donors (Lipinski definition) is 2. The zero-order valence-corrected chi connectivity index (χ0v) is 20.9. The van der Waals surface area contributed by atoms with Gasteiger partial charge < -0.3 is 19.7 Å². The third kappa shape index (κ3) is 9.30. The third-order valence-electron chi connectivity index (χ3n) is 5.98.